The third-order valence-corrected chi connectivity index (χ3v) is 4.03. The number of carbonyl (C=O) groups excluding carboxylic acids is 1. The zero-order chi connectivity index (χ0) is 22.2. The summed E-state index contributed by atoms with van der Waals surface area (Å²) in [6.45, 7) is 2.56. The number of hydrogen-bond donors (Lipinski definition) is 2. The number of carboxylic acid groups (broad SMARTS) is 1. The van der Waals surface area contributed by atoms with Gasteiger partial charge in [-0.2, -0.15) is 13.2 Å². The van der Waals surface area contributed by atoms with E-state index in [4.69, 9.17) is 19.4 Å². The number of aromatic nitrogens is 1. The van der Waals surface area contributed by atoms with Gasteiger partial charge in [-0.15, -0.1) is 0 Å². The molecule has 164 valence electrons. The number of methoxy groups -OCH3 is 2. The van der Waals surface area contributed by atoms with Crippen LogP contribution in [0.3, 0.4) is 0 Å². The van der Waals surface area contributed by atoms with Gasteiger partial charge in [0.15, 0.2) is 0 Å². The van der Waals surface area contributed by atoms with Gasteiger partial charge in [0.25, 0.3) is 0 Å². The zero-order valence-electron chi connectivity index (χ0n) is 16.6. The van der Waals surface area contributed by atoms with Gasteiger partial charge in [0, 0.05) is 40.9 Å². The van der Waals surface area contributed by atoms with E-state index in [1.807, 2.05) is 36.0 Å². The van der Waals surface area contributed by atoms with Gasteiger partial charge >= 0.3 is 12.1 Å². The number of nitrogens with zero attached hydrogens (tertiary/aromatic N) is 3. The van der Waals surface area contributed by atoms with Crippen molar-refractivity contribution in [3.63, 3.8) is 0 Å². The highest BCUT2D eigenvalue weighted by molar-refractivity contribution is 5.79. The second kappa shape index (κ2) is 10.9. The fourth-order valence-corrected chi connectivity index (χ4v) is 2.50. The molecule has 0 unspecified atom stereocenters. The molecule has 2 N–H and O–H groups in total. The van der Waals surface area contributed by atoms with Crippen LogP contribution in [0.25, 0.3) is 0 Å². The summed E-state index contributed by atoms with van der Waals surface area (Å²) in [5, 5.41) is 10.1. The molecule has 0 aliphatic carbocycles. The zero-order valence-corrected chi connectivity index (χ0v) is 16.6. The van der Waals surface area contributed by atoms with E-state index in [0.717, 1.165) is 17.9 Å². The third kappa shape index (κ3) is 7.48. The van der Waals surface area contributed by atoms with Crippen LogP contribution >= 0.6 is 0 Å². The molecule has 0 saturated carbocycles. The molecule has 1 fully saturated rings. The average molecular weight is 422 g/mol. The van der Waals surface area contributed by atoms with Crippen LogP contribution < -0.4 is 5.32 Å². The Morgan fingerprint density at radius 3 is 2.34 bits per heavy atom. The Hall–Kier alpha value is -2.44. The van der Waals surface area contributed by atoms with Crippen LogP contribution in [0.15, 0.2) is 12.1 Å². The maximum atomic E-state index is 12.1. The van der Waals surface area contributed by atoms with Crippen molar-refractivity contribution >= 4 is 17.7 Å². The second-order valence-electron chi connectivity index (χ2n) is 6.15. The lowest BCUT2D eigenvalue weighted by Crippen LogP contribution is -2.48. The Labute approximate surface area is 166 Å². The molecule has 0 radical (unpaired) electrons. The van der Waals surface area contributed by atoms with Crippen molar-refractivity contribution in [2.24, 2.45) is 0 Å². The summed E-state index contributed by atoms with van der Waals surface area (Å²) in [7, 11) is 6.92. The topological polar surface area (TPSA) is 104 Å². The standard InChI is InChI=1S/C15H24N4O3.C2HF3O2/c1-16-12-6-5-11(14(17-12)15(21-3)22-4)9-19-8-7-18(2)10-13(19)20;3-2(4,5)1(6)7/h5-6,15H,7-10H2,1-4H3,(H,16,17);(H,6,7). The van der Waals surface area contributed by atoms with Crippen molar-refractivity contribution in [3.05, 3.63) is 23.4 Å². The lowest BCUT2D eigenvalue weighted by Gasteiger charge is -2.32. The van der Waals surface area contributed by atoms with E-state index in [1.165, 1.54) is 0 Å². The number of carbonyl (C=O) groups is 2. The molecule has 1 aliphatic heterocycles. The summed E-state index contributed by atoms with van der Waals surface area (Å²) >= 11 is 0. The van der Waals surface area contributed by atoms with Gasteiger partial charge < -0.3 is 24.8 Å². The first-order valence-corrected chi connectivity index (χ1v) is 8.53. The number of ether oxygens (including phenoxy) is 2. The maximum Gasteiger partial charge on any atom is 0.490 e. The molecule has 29 heavy (non-hydrogen) atoms. The number of halogens is 3. The summed E-state index contributed by atoms with van der Waals surface area (Å²) in [6.07, 6.45) is -5.63. The first kappa shape index (κ1) is 24.6. The first-order chi connectivity index (χ1) is 13.5. The van der Waals surface area contributed by atoms with Crippen LogP contribution in [-0.4, -0.2) is 85.9 Å². The van der Waals surface area contributed by atoms with E-state index >= 15 is 0 Å². The van der Waals surface area contributed by atoms with E-state index in [2.05, 4.69) is 10.3 Å². The summed E-state index contributed by atoms with van der Waals surface area (Å²) in [4.78, 5) is 29.4. The Balaban J connectivity index is 0.000000516. The quantitative estimate of drug-likeness (QED) is 0.662. The van der Waals surface area contributed by atoms with Gasteiger partial charge in [0.05, 0.1) is 6.54 Å². The Bertz CT molecular complexity index is 698. The predicted octanol–water partition coefficient (Wildman–Crippen LogP) is 1.32. The number of alkyl halides is 3. The number of carboxylic acids is 1. The SMILES string of the molecule is CNc1ccc(CN2CCN(C)CC2=O)c(C(OC)OC)n1.O=C(O)C(F)(F)F. The minimum atomic E-state index is -5.08. The first-order valence-electron chi connectivity index (χ1n) is 8.53. The van der Waals surface area contributed by atoms with Crippen LogP contribution in [0.4, 0.5) is 19.0 Å². The molecule has 2 heterocycles. The van der Waals surface area contributed by atoms with Crippen LogP contribution in [0.1, 0.15) is 17.5 Å². The molecule has 9 nitrogen and oxygen atoms in total. The van der Waals surface area contributed by atoms with E-state index in [9.17, 15) is 18.0 Å². The van der Waals surface area contributed by atoms with Crippen LogP contribution in [0.5, 0.6) is 0 Å². The Kier molecular flexibility index (Phi) is 9.27. The molecule has 1 aromatic rings. The van der Waals surface area contributed by atoms with Crippen LogP contribution in [0, 0.1) is 0 Å². The average Bonchev–Trinajstić information content (AvgIpc) is 2.65. The normalized spacial score (nSPS) is 15.2. The summed E-state index contributed by atoms with van der Waals surface area (Å²) < 4.78 is 42.4. The molecule has 0 spiro atoms. The minimum Gasteiger partial charge on any atom is -0.475 e. The number of aliphatic carboxylic acids is 1. The number of pyridine rings is 1. The van der Waals surface area contributed by atoms with E-state index in [1.54, 1.807) is 14.2 Å². The van der Waals surface area contributed by atoms with Gasteiger partial charge in [-0.1, -0.05) is 6.07 Å². The molecule has 12 heteroatoms. The second-order valence-corrected chi connectivity index (χ2v) is 6.15. The van der Waals surface area contributed by atoms with Crippen molar-refractivity contribution < 1.29 is 37.3 Å². The van der Waals surface area contributed by atoms with Gasteiger partial charge in [-0.05, 0) is 18.7 Å². The van der Waals surface area contributed by atoms with Crippen molar-refractivity contribution in [1.29, 1.82) is 0 Å². The summed E-state index contributed by atoms with van der Waals surface area (Å²) in [5.41, 5.74) is 1.63. The molecule has 1 aliphatic rings. The Morgan fingerprint density at radius 1 is 1.31 bits per heavy atom. The van der Waals surface area contributed by atoms with E-state index in [-0.39, 0.29) is 5.91 Å². The van der Waals surface area contributed by atoms with Gasteiger partial charge in [-0.3, -0.25) is 9.69 Å². The summed E-state index contributed by atoms with van der Waals surface area (Å²) in [6, 6.07) is 3.85. The number of rotatable bonds is 6. The predicted molar refractivity (Wildman–Crippen MR) is 97.1 cm³/mol. The third-order valence-electron chi connectivity index (χ3n) is 4.03. The largest absolute Gasteiger partial charge is 0.490 e. The molecule has 1 aromatic heterocycles. The number of piperazine rings is 1. The Morgan fingerprint density at radius 2 is 1.90 bits per heavy atom. The van der Waals surface area contributed by atoms with Gasteiger partial charge in [-0.25, -0.2) is 9.78 Å². The number of anilines is 1. The van der Waals surface area contributed by atoms with E-state index < -0.39 is 18.4 Å². The molecular weight excluding hydrogens is 397 g/mol. The lowest BCUT2D eigenvalue weighted by atomic mass is 10.1. The van der Waals surface area contributed by atoms with Crippen molar-refractivity contribution in [1.82, 2.24) is 14.8 Å². The molecule has 2 rings (SSSR count). The van der Waals surface area contributed by atoms with E-state index in [0.29, 0.717) is 25.3 Å². The lowest BCUT2D eigenvalue weighted by molar-refractivity contribution is -0.192. The maximum absolute atomic E-state index is 12.1. The number of hydrogen-bond acceptors (Lipinski definition) is 7. The van der Waals surface area contributed by atoms with Crippen LogP contribution in [-0.2, 0) is 25.6 Å². The monoisotopic (exact) mass is 422 g/mol. The van der Waals surface area contributed by atoms with Crippen molar-refractivity contribution in [2.75, 3.05) is 53.3 Å². The van der Waals surface area contributed by atoms with Gasteiger partial charge in [0.1, 0.15) is 11.5 Å². The molecule has 1 saturated heterocycles. The number of amides is 1. The number of likely N-dealkylation sites (N-methyl/N-ethyl adjacent to an activating group) is 1. The van der Waals surface area contributed by atoms with Gasteiger partial charge in [0.2, 0.25) is 12.2 Å². The highest BCUT2D eigenvalue weighted by Gasteiger charge is 2.38. The molecule has 0 aromatic carbocycles. The van der Waals surface area contributed by atoms with Crippen molar-refractivity contribution in [2.45, 2.75) is 19.0 Å². The molecule has 1 amide bonds. The van der Waals surface area contributed by atoms with Crippen molar-refractivity contribution in [3.8, 4) is 0 Å². The van der Waals surface area contributed by atoms with Crippen LogP contribution in [0.2, 0.25) is 0 Å². The fraction of sp³-hybridized carbons (Fsp3) is 0.588. The number of nitrogens with one attached hydrogen (secondary N) is 1. The molecular formula is C17H25F3N4O5. The summed E-state index contributed by atoms with van der Waals surface area (Å²) in [5.74, 6) is -1.89. The highest BCUT2D eigenvalue weighted by Crippen LogP contribution is 2.23. The highest BCUT2D eigenvalue weighted by atomic mass is 19.4. The smallest absolute Gasteiger partial charge is 0.475 e. The molecule has 0 atom stereocenters. The fourth-order valence-electron chi connectivity index (χ4n) is 2.50. The molecule has 0 bridgehead atoms. The minimum absolute atomic E-state index is 0.128.